The van der Waals surface area contributed by atoms with E-state index in [4.69, 9.17) is 4.98 Å². The maximum Gasteiger partial charge on any atom is 0.230 e. The molecule has 5 nitrogen and oxygen atoms in total. The lowest BCUT2D eigenvalue weighted by atomic mass is 9.90. The third kappa shape index (κ3) is 4.34. The number of amides is 1. The first kappa shape index (κ1) is 19.2. The number of piperidine rings is 1. The summed E-state index contributed by atoms with van der Waals surface area (Å²) < 4.78 is 0. The predicted molar refractivity (Wildman–Crippen MR) is 113 cm³/mol. The number of likely N-dealkylation sites (tertiary alicyclic amines) is 1. The van der Waals surface area contributed by atoms with Gasteiger partial charge in [-0.3, -0.25) is 9.78 Å². The maximum absolute atomic E-state index is 13.3. The van der Waals surface area contributed by atoms with Gasteiger partial charge in [0, 0.05) is 48.9 Å². The predicted octanol–water partition coefficient (Wildman–Crippen LogP) is 4.44. The topological polar surface area (TPSA) is 59.0 Å². The molecule has 1 amide bonds. The molecular weight excluding hydrogens is 360 g/mol. The van der Waals surface area contributed by atoms with Crippen LogP contribution in [0.25, 0.3) is 11.4 Å². The van der Waals surface area contributed by atoms with Crippen LogP contribution in [0.1, 0.15) is 49.3 Å². The number of hydrogen-bond donors (Lipinski definition) is 0. The van der Waals surface area contributed by atoms with Gasteiger partial charge < -0.3 is 4.90 Å². The van der Waals surface area contributed by atoms with Crippen LogP contribution in [0.4, 0.5) is 0 Å². The fourth-order valence-corrected chi connectivity index (χ4v) is 4.12. The summed E-state index contributed by atoms with van der Waals surface area (Å²) in [4.78, 5) is 28.6. The van der Waals surface area contributed by atoms with E-state index in [9.17, 15) is 4.79 Å². The molecule has 0 aliphatic carbocycles. The van der Waals surface area contributed by atoms with E-state index in [2.05, 4.69) is 29.0 Å². The molecule has 0 saturated carbocycles. The van der Waals surface area contributed by atoms with Gasteiger partial charge in [0.1, 0.15) is 0 Å². The van der Waals surface area contributed by atoms with E-state index in [1.165, 1.54) is 0 Å². The van der Waals surface area contributed by atoms with Gasteiger partial charge in [0.25, 0.3) is 0 Å². The molecule has 1 fully saturated rings. The molecule has 29 heavy (non-hydrogen) atoms. The molecule has 0 radical (unpaired) electrons. The first-order chi connectivity index (χ1) is 14.3. The van der Waals surface area contributed by atoms with Crippen LogP contribution in [0.2, 0.25) is 0 Å². The van der Waals surface area contributed by atoms with Gasteiger partial charge in [-0.15, -0.1) is 0 Å². The summed E-state index contributed by atoms with van der Waals surface area (Å²) in [5, 5.41) is 0. The summed E-state index contributed by atoms with van der Waals surface area (Å²) in [7, 11) is 0. The van der Waals surface area contributed by atoms with Crippen molar-refractivity contribution in [3.63, 3.8) is 0 Å². The second-order valence-electron chi connectivity index (χ2n) is 7.54. The van der Waals surface area contributed by atoms with Crippen molar-refractivity contribution in [2.75, 3.05) is 13.1 Å². The molecule has 1 aliphatic heterocycles. The van der Waals surface area contributed by atoms with E-state index in [0.717, 1.165) is 49.2 Å². The lowest BCUT2D eigenvalue weighted by molar-refractivity contribution is -0.134. The molecule has 5 heteroatoms. The van der Waals surface area contributed by atoms with E-state index >= 15 is 0 Å². The summed E-state index contributed by atoms with van der Waals surface area (Å²) in [6.45, 7) is 3.62. The van der Waals surface area contributed by atoms with Gasteiger partial charge in [0.15, 0.2) is 5.82 Å². The van der Waals surface area contributed by atoms with E-state index < -0.39 is 0 Å². The van der Waals surface area contributed by atoms with Gasteiger partial charge >= 0.3 is 0 Å². The minimum absolute atomic E-state index is 0.0762. The number of pyridine rings is 1. The number of hydrogen-bond acceptors (Lipinski definition) is 4. The van der Waals surface area contributed by atoms with Gasteiger partial charge in [-0.25, -0.2) is 9.97 Å². The number of nitrogens with zero attached hydrogens (tertiary/aromatic N) is 4. The van der Waals surface area contributed by atoms with Gasteiger partial charge in [0.05, 0.1) is 5.92 Å². The SMILES string of the molecule is CC[C@H](C(=O)N1CCC[C@H](c2ccnc(-c3ccncc3)n2)C1)c1ccccc1. The average Bonchev–Trinajstić information content (AvgIpc) is 2.81. The summed E-state index contributed by atoms with van der Waals surface area (Å²) in [5.74, 6) is 1.10. The number of benzene rings is 1. The van der Waals surface area contributed by atoms with Crippen molar-refractivity contribution in [3.8, 4) is 11.4 Å². The monoisotopic (exact) mass is 386 g/mol. The molecule has 0 unspecified atom stereocenters. The van der Waals surface area contributed by atoms with Crippen LogP contribution < -0.4 is 0 Å². The lowest BCUT2D eigenvalue weighted by Gasteiger charge is -2.35. The number of carbonyl (C=O) groups is 1. The maximum atomic E-state index is 13.3. The number of rotatable bonds is 5. The van der Waals surface area contributed by atoms with Gasteiger partial charge in [-0.2, -0.15) is 0 Å². The fraction of sp³-hybridized carbons (Fsp3) is 0.333. The summed E-state index contributed by atoms with van der Waals surface area (Å²) in [6.07, 6.45) is 8.16. The van der Waals surface area contributed by atoms with Crippen molar-refractivity contribution in [1.29, 1.82) is 0 Å². The molecule has 1 saturated heterocycles. The Labute approximate surface area is 171 Å². The van der Waals surface area contributed by atoms with Crippen LogP contribution in [0.15, 0.2) is 67.1 Å². The average molecular weight is 386 g/mol. The smallest absolute Gasteiger partial charge is 0.230 e. The summed E-state index contributed by atoms with van der Waals surface area (Å²) in [5.41, 5.74) is 3.07. The Bertz CT molecular complexity index is 945. The fourth-order valence-electron chi connectivity index (χ4n) is 4.12. The Hall–Kier alpha value is -3.08. The molecular formula is C24H26N4O. The zero-order chi connectivity index (χ0) is 20.1. The van der Waals surface area contributed by atoms with Gasteiger partial charge in [-0.1, -0.05) is 37.3 Å². The Morgan fingerprint density at radius 3 is 2.66 bits per heavy atom. The first-order valence-electron chi connectivity index (χ1n) is 10.3. The van der Waals surface area contributed by atoms with E-state index in [0.29, 0.717) is 5.82 Å². The largest absolute Gasteiger partial charge is 0.342 e. The van der Waals surface area contributed by atoms with Crippen LogP contribution in [0.5, 0.6) is 0 Å². The minimum Gasteiger partial charge on any atom is -0.342 e. The highest BCUT2D eigenvalue weighted by Crippen LogP contribution is 2.30. The molecule has 3 aromatic rings. The zero-order valence-corrected chi connectivity index (χ0v) is 16.7. The molecule has 0 spiro atoms. The second-order valence-corrected chi connectivity index (χ2v) is 7.54. The number of carbonyl (C=O) groups excluding carboxylic acids is 1. The molecule has 1 aliphatic rings. The highest BCUT2D eigenvalue weighted by atomic mass is 16.2. The van der Waals surface area contributed by atoms with Crippen molar-refractivity contribution in [1.82, 2.24) is 19.9 Å². The summed E-state index contributed by atoms with van der Waals surface area (Å²) >= 11 is 0. The van der Waals surface area contributed by atoms with Crippen molar-refractivity contribution in [2.24, 2.45) is 0 Å². The Morgan fingerprint density at radius 1 is 1.10 bits per heavy atom. The molecule has 148 valence electrons. The normalized spacial score (nSPS) is 17.7. The van der Waals surface area contributed by atoms with Crippen LogP contribution in [-0.4, -0.2) is 38.8 Å². The van der Waals surface area contributed by atoms with Crippen LogP contribution >= 0.6 is 0 Å². The van der Waals surface area contributed by atoms with Gasteiger partial charge in [-0.05, 0) is 43.0 Å². The molecule has 0 bridgehead atoms. The van der Waals surface area contributed by atoms with Crippen LogP contribution in [0.3, 0.4) is 0 Å². The van der Waals surface area contributed by atoms with Crippen LogP contribution in [-0.2, 0) is 4.79 Å². The van der Waals surface area contributed by atoms with E-state index in [1.807, 2.05) is 47.5 Å². The van der Waals surface area contributed by atoms with E-state index in [-0.39, 0.29) is 17.7 Å². The summed E-state index contributed by atoms with van der Waals surface area (Å²) in [6, 6.07) is 15.9. The third-order valence-electron chi connectivity index (χ3n) is 5.68. The molecule has 1 aromatic carbocycles. The molecule has 0 N–H and O–H groups in total. The van der Waals surface area contributed by atoms with E-state index in [1.54, 1.807) is 12.4 Å². The molecule has 3 heterocycles. The minimum atomic E-state index is -0.0762. The van der Waals surface area contributed by atoms with Crippen molar-refractivity contribution >= 4 is 5.91 Å². The Kier molecular flexibility index (Phi) is 5.94. The third-order valence-corrected chi connectivity index (χ3v) is 5.68. The van der Waals surface area contributed by atoms with Crippen molar-refractivity contribution < 1.29 is 4.79 Å². The quantitative estimate of drug-likeness (QED) is 0.650. The standard InChI is InChI=1S/C24H26N4O/c1-2-21(18-7-4-3-5-8-18)24(29)28-16-6-9-20(17-28)22-12-15-26-23(27-22)19-10-13-25-14-11-19/h3-5,7-8,10-15,20-21H,2,6,9,16-17H2,1H3/t20-,21-/m0/s1. The highest BCUT2D eigenvalue weighted by Gasteiger charge is 2.30. The Morgan fingerprint density at radius 2 is 1.90 bits per heavy atom. The Balaban J connectivity index is 1.52. The van der Waals surface area contributed by atoms with Crippen molar-refractivity contribution in [2.45, 2.75) is 38.0 Å². The number of aromatic nitrogens is 3. The highest BCUT2D eigenvalue weighted by molar-refractivity contribution is 5.83. The van der Waals surface area contributed by atoms with Crippen molar-refractivity contribution in [3.05, 3.63) is 78.4 Å². The van der Waals surface area contributed by atoms with Crippen LogP contribution in [0, 0.1) is 0 Å². The molecule has 2 aromatic heterocycles. The first-order valence-corrected chi connectivity index (χ1v) is 10.3. The lowest BCUT2D eigenvalue weighted by Crippen LogP contribution is -2.41. The van der Waals surface area contributed by atoms with Gasteiger partial charge in [0.2, 0.25) is 5.91 Å². The molecule has 4 rings (SSSR count). The zero-order valence-electron chi connectivity index (χ0n) is 16.7. The molecule has 2 atom stereocenters. The second kappa shape index (κ2) is 8.95.